The van der Waals surface area contributed by atoms with Crippen molar-refractivity contribution < 1.29 is 31.8 Å². The number of halogens is 1. The van der Waals surface area contributed by atoms with E-state index >= 15 is 0 Å². The highest BCUT2D eigenvalue weighted by Gasteiger charge is 2.17. The highest BCUT2D eigenvalue weighted by Crippen LogP contribution is 2.38. The Kier molecular flexibility index (Phi) is 7.22. The zero-order valence-electron chi connectivity index (χ0n) is 15.8. The normalized spacial score (nSPS) is 11.0. The van der Waals surface area contributed by atoms with Gasteiger partial charge in [-0.15, -0.1) is 0 Å². The summed E-state index contributed by atoms with van der Waals surface area (Å²) in [5, 5.41) is 2.66. The van der Waals surface area contributed by atoms with Gasteiger partial charge in [-0.05, 0) is 42.0 Å². The van der Waals surface area contributed by atoms with E-state index < -0.39 is 21.6 Å². The fourth-order valence-corrected chi connectivity index (χ4v) is 3.75. The molecule has 9 heteroatoms. The molecular weight excluding hydrogens is 389 g/mol. The van der Waals surface area contributed by atoms with Crippen LogP contribution in [-0.4, -0.2) is 41.4 Å². The van der Waals surface area contributed by atoms with Crippen LogP contribution in [0.4, 0.5) is 4.39 Å². The molecule has 0 radical (unpaired) electrons. The largest absolute Gasteiger partial charge is 0.493 e. The summed E-state index contributed by atoms with van der Waals surface area (Å²) in [4.78, 5) is 12.0. The van der Waals surface area contributed by atoms with E-state index in [4.69, 9.17) is 14.2 Å². The lowest BCUT2D eigenvalue weighted by Gasteiger charge is -2.14. The van der Waals surface area contributed by atoms with Gasteiger partial charge in [-0.3, -0.25) is 4.79 Å². The summed E-state index contributed by atoms with van der Waals surface area (Å²) >= 11 is 0. The first-order chi connectivity index (χ1) is 13.3. The number of rotatable bonds is 9. The standard InChI is InChI=1S/C19H22FNO6S/c1-25-16-10-13(11-17(26-2)19(16)27-3)12-21-18(22)8-9-28(23,24)15-6-4-14(20)5-7-15/h4-7,10-11H,8-9,12H2,1-3H3,(H,21,22). The summed E-state index contributed by atoms with van der Waals surface area (Å²) < 4.78 is 53.1. The molecule has 0 aromatic heterocycles. The van der Waals surface area contributed by atoms with Gasteiger partial charge < -0.3 is 19.5 Å². The lowest BCUT2D eigenvalue weighted by Crippen LogP contribution is -2.25. The van der Waals surface area contributed by atoms with Crippen molar-refractivity contribution in [1.82, 2.24) is 5.32 Å². The molecule has 0 unspecified atom stereocenters. The number of benzene rings is 2. The Hall–Kier alpha value is -2.81. The van der Waals surface area contributed by atoms with Crippen LogP contribution in [0.1, 0.15) is 12.0 Å². The van der Waals surface area contributed by atoms with Gasteiger partial charge in [-0.2, -0.15) is 0 Å². The SMILES string of the molecule is COc1cc(CNC(=O)CCS(=O)(=O)c2ccc(F)cc2)cc(OC)c1OC. The smallest absolute Gasteiger partial charge is 0.221 e. The molecule has 0 fully saturated rings. The zero-order chi connectivity index (χ0) is 20.7. The molecule has 0 bridgehead atoms. The van der Waals surface area contributed by atoms with Crippen LogP contribution in [-0.2, 0) is 21.2 Å². The number of nitrogens with one attached hydrogen (secondary N) is 1. The van der Waals surface area contributed by atoms with Crippen molar-refractivity contribution >= 4 is 15.7 Å². The maximum absolute atomic E-state index is 12.9. The van der Waals surface area contributed by atoms with E-state index in [9.17, 15) is 17.6 Å². The second-order valence-corrected chi connectivity index (χ2v) is 7.94. The van der Waals surface area contributed by atoms with Crippen LogP contribution in [0.3, 0.4) is 0 Å². The Balaban J connectivity index is 1.98. The van der Waals surface area contributed by atoms with Crippen molar-refractivity contribution in [3.63, 3.8) is 0 Å². The van der Waals surface area contributed by atoms with Crippen molar-refractivity contribution in [3.8, 4) is 17.2 Å². The first-order valence-electron chi connectivity index (χ1n) is 8.34. The Labute approximate surface area is 163 Å². The van der Waals surface area contributed by atoms with Gasteiger partial charge in [-0.1, -0.05) is 0 Å². The van der Waals surface area contributed by atoms with Crippen LogP contribution < -0.4 is 19.5 Å². The maximum Gasteiger partial charge on any atom is 0.221 e. The van der Waals surface area contributed by atoms with Crippen LogP contribution >= 0.6 is 0 Å². The average molecular weight is 411 g/mol. The third kappa shape index (κ3) is 5.35. The molecule has 1 amide bonds. The number of ether oxygens (including phenoxy) is 3. The molecule has 0 aliphatic heterocycles. The molecule has 0 saturated carbocycles. The highest BCUT2D eigenvalue weighted by molar-refractivity contribution is 7.91. The lowest BCUT2D eigenvalue weighted by molar-refractivity contribution is -0.120. The molecule has 0 aliphatic rings. The fraction of sp³-hybridized carbons (Fsp3) is 0.316. The molecule has 0 heterocycles. The summed E-state index contributed by atoms with van der Waals surface area (Å²) in [6.07, 6.45) is -0.218. The zero-order valence-corrected chi connectivity index (χ0v) is 16.6. The minimum Gasteiger partial charge on any atom is -0.493 e. The molecule has 0 spiro atoms. The quantitative estimate of drug-likeness (QED) is 0.637. The molecular formula is C19H22FNO6S. The minimum absolute atomic E-state index is 0.0219. The van der Waals surface area contributed by atoms with E-state index in [1.807, 2.05) is 0 Å². The van der Waals surface area contributed by atoms with Crippen LogP contribution in [0.2, 0.25) is 0 Å². The van der Waals surface area contributed by atoms with Gasteiger partial charge in [-0.25, -0.2) is 12.8 Å². The molecule has 1 N–H and O–H groups in total. The average Bonchev–Trinajstić information content (AvgIpc) is 2.70. The van der Waals surface area contributed by atoms with E-state index in [0.29, 0.717) is 22.8 Å². The Bertz CT molecular complexity index is 903. The third-order valence-electron chi connectivity index (χ3n) is 3.98. The number of methoxy groups -OCH3 is 3. The van der Waals surface area contributed by atoms with E-state index in [2.05, 4.69) is 5.32 Å². The van der Waals surface area contributed by atoms with Crippen LogP contribution in [0.25, 0.3) is 0 Å². The Morgan fingerprint density at radius 2 is 1.57 bits per heavy atom. The van der Waals surface area contributed by atoms with Gasteiger partial charge in [0, 0.05) is 13.0 Å². The topological polar surface area (TPSA) is 90.9 Å². The number of amides is 1. The summed E-state index contributed by atoms with van der Waals surface area (Å²) in [7, 11) is 0.792. The summed E-state index contributed by atoms with van der Waals surface area (Å²) in [6.45, 7) is 0.159. The van der Waals surface area contributed by atoms with Gasteiger partial charge >= 0.3 is 0 Å². The highest BCUT2D eigenvalue weighted by atomic mass is 32.2. The van der Waals surface area contributed by atoms with Gasteiger partial charge in [0.1, 0.15) is 5.82 Å². The summed E-state index contributed by atoms with van der Waals surface area (Å²) in [5.41, 5.74) is 0.698. The van der Waals surface area contributed by atoms with Crippen molar-refractivity contribution in [3.05, 3.63) is 47.8 Å². The molecule has 152 valence electrons. The van der Waals surface area contributed by atoms with Crippen LogP contribution in [0, 0.1) is 5.82 Å². The minimum atomic E-state index is -3.67. The molecule has 2 aromatic rings. The van der Waals surface area contributed by atoms with E-state index in [-0.39, 0.29) is 23.6 Å². The predicted molar refractivity (Wildman–Crippen MR) is 101 cm³/mol. The van der Waals surface area contributed by atoms with Crippen molar-refractivity contribution in [2.24, 2.45) is 0 Å². The first kappa shape index (κ1) is 21.5. The number of sulfone groups is 1. The number of hydrogen-bond acceptors (Lipinski definition) is 6. The van der Waals surface area contributed by atoms with Crippen molar-refractivity contribution in [1.29, 1.82) is 0 Å². The van der Waals surface area contributed by atoms with E-state index in [1.54, 1.807) is 12.1 Å². The first-order valence-corrected chi connectivity index (χ1v) is 10.00. The molecule has 2 aromatic carbocycles. The van der Waals surface area contributed by atoms with Gasteiger partial charge in [0.2, 0.25) is 11.7 Å². The molecule has 0 aliphatic carbocycles. The summed E-state index contributed by atoms with van der Waals surface area (Å²) in [5.74, 6) is 0.00150. The van der Waals surface area contributed by atoms with Crippen LogP contribution in [0.15, 0.2) is 41.3 Å². The van der Waals surface area contributed by atoms with Gasteiger partial charge in [0.15, 0.2) is 21.3 Å². The molecule has 7 nitrogen and oxygen atoms in total. The van der Waals surface area contributed by atoms with Crippen LogP contribution in [0.5, 0.6) is 17.2 Å². The predicted octanol–water partition coefficient (Wildman–Crippen LogP) is 2.33. The fourth-order valence-electron chi connectivity index (χ4n) is 2.51. The summed E-state index contributed by atoms with van der Waals surface area (Å²) in [6, 6.07) is 7.87. The monoisotopic (exact) mass is 411 g/mol. The molecule has 0 atom stereocenters. The molecule has 28 heavy (non-hydrogen) atoms. The van der Waals surface area contributed by atoms with Crippen molar-refractivity contribution in [2.75, 3.05) is 27.1 Å². The third-order valence-corrected chi connectivity index (χ3v) is 5.72. The van der Waals surface area contributed by atoms with E-state index in [1.165, 1.54) is 33.5 Å². The number of hydrogen-bond donors (Lipinski definition) is 1. The maximum atomic E-state index is 12.9. The van der Waals surface area contributed by atoms with E-state index in [0.717, 1.165) is 12.1 Å². The van der Waals surface area contributed by atoms with Gasteiger partial charge in [0.05, 0.1) is 32.0 Å². The second-order valence-electron chi connectivity index (χ2n) is 5.83. The Morgan fingerprint density at radius 3 is 2.07 bits per heavy atom. The number of carbonyl (C=O) groups excluding carboxylic acids is 1. The number of carbonyl (C=O) groups is 1. The van der Waals surface area contributed by atoms with Gasteiger partial charge in [0.25, 0.3) is 0 Å². The second kappa shape index (κ2) is 9.41. The molecule has 2 rings (SSSR count). The Morgan fingerprint density at radius 1 is 1.00 bits per heavy atom. The van der Waals surface area contributed by atoms with Crippen molar-refractivity contribution in [2.45, 2.75) is 17.9 Å². The lowest BCUT2D eigenvalue weighted by atomic mass is 10.1. The molecule has 0 saturated heterocycles.